The molecule has 6 heteroatoms. The van der Waals surface area contributed by atoms with Crippen molar-refractivity contribution in [2.45, 2.75) is 19.1 Å². The van der Waals surface area contributed by atoms with Crippen LogP contribution in [-0.4, -0.2) is 27.2 Å². The number of nitrogen functional groups attached to an aromatic ring is 1. The Balaban J connectivity index is 2.73. The van der Waals surface area contributed by atoms with Crippen LogP contribution < -0.4 is 5.73 Å². The Morgan fingerprint density at radius 1 is 1.47 bits per heavy atom. The molecule has 0 aromatic heterocycles. The second kappa shape index (κ2) is 6.00. The zero-order chi connectivity index (χ0) is 13.0. The van der Waals surface area contributed by atoms with E-state index in [1.165, 1.54) is 13.0 Å². The van der Waals surface area contributed by atoms with Crippen molar-refractivity contribution in [1.29, 1.82) is 0 Å². The summed E-state index contributed by atoms with van der Waals surface area (Å²) in [5.41, 5.74) is 5.79. The molecule has 0 radical (unpaired) electrons. The van der Waals surface area contributed by atoms with Crippen molar-refractivity contribution >= 4 is 22.6 Å². The van der Waals surface area contributed by atoms with E-state index < -0.39 is 18.0 Å². The highest BCUT2D eigenvalue weighted by atomic mass is 32.2. The molecule has 0 aliphatic carbocycles. The van der Waals surface area contributed by atoms with Crippen molar-refractivity contribution in [3.63, 3.8) is 0 Å². The Hall–Kier alpha value is -1.11. The Kier molecular flexibility index (Phi) is 4.92. The first kappa shape index (κ1) is 14.0. The lowest BCUT2D eigenvalue weighted by Crippen LogP contribution is -2.21. The quantitative estimate of drug-likeness (QED) is 0.705. The first-order chi connectivity index (χ1) is 7.90. The molecule has 1 aromatic rings. The van der Waals surface area contributed by atoms with Gasteiger partial charge in [0, 0.05) is 18.4 Å². The lowest BCUT2D eigenvalue weighted by molar-refractivity contribution is -0.109. The Bertz CT molecular complexity index is 393. The molecular formula is C11H14FNO3S. The highest BCUT2D eigenvalue weighted by Gasteiger charge is 2.20. The Morgan fingerprint density at radius 2 is 2.12 bits per heavy atom. The van der Waals surface area contributed by atoms with Gasteiger partial charge >= 0.3 is 0 Å². The van der Waals surface area contributed by atoms with E-state index >= 15 is 0 Å². The first-order valence-corrected chi connectivity index (χ1v) is 5.94. The van der Waals surface area contributed by atoms with E-state index in [0.29, 0.717) is 0 Å². The average molecular weight is 259 g/mol. The minimum Gasteiger partial charge on any atom is -0.399 e. The van der Waals surface area contributed by atoms with Gasteiger partial charge in [0.15, 0.2) is 5.12 Å². The number of aliphatic hydroxyl groups is 2. The van der Waals surface area contributed by atoms with Gasteiger partial charge in [-0.15, -0.1) is 0 Å². The summed E-state index contributed by atoms with van der Waals surface area (Å²) in [5.74, 6) is -0.530. The van der Waals surface area contributed by atoms with Gasteiger partial charge in [-0.3, -0.25) is 4.79 Å². The van der Waals surface area contributed by atoms with Crippen molar-refractivity contribution in [2.24, 2.45) is 0 Å². The van der Waals surface area contributed by atoms with E-state index in [9.17, 15) is 19.4 Å². The second-order valence-electron chi connectivity index (χ2n) is 3.63. The predicted molar refractivity (Wildman–Crippen MR) is 64.9 cm³/mol. The third-order valence-electron chi connectivity index (χ3n) is 2.11. The number of carbonyl (C=O) groups is 1. The summed E-state index contributed by atoms with van der Waals surface area (Å²) < 4.78 is 13.0. The van der Waals surface area contributed by atoms with Gasteiger partial charge in [-0.1, -0.05) is 11.8 Å². The van der Waals surface area contributed by atoms with E-state index in [-0.39, 0.29) is 22.1 Å². The molecule has 0 saturated heterocycles. The molecule has 2 atom stereocenters. The van der Waals surface area contributed by atoms with E-state index in [0.717, 1.165) is 23.9 Å². The van der Waals surface area contributed by atoms with Crippen LogP contribution in [0.1, 0.15) is 18.6 Å². The SMILES string of the molecule is CC(=O)SCC(O)C(O)c1cc(N)cc(F)c1. The van der Waals surface area contributed by atoms with Gasteiger partial charge in [0.25, 0.3) is 0 Å². The van der Waals surface area contributed by atoms with Gasteiger partial charge in [0.2, 0.25) is 0 Å². The monoisotopic (exact) mass is 259 g/mol. The third-order valence-corrected chi connectivity index (χ3v) is 3.02. The fraction of sp³-hybridized carbons (Fsp3) is 0.364. The fourth-order valence-corrected chi connectivity index (χ4v) is 1.91. The maximum Gasteiger partial charge on any atom is 0.185 e. The van der Waals surface area contributed by atoms with Crippen molar-refractivity contribution in [3.05, 3.63) is 29.6 Å². The number of halogens is 1. The van der Waals surface area contributed by atoms with Crippen LogP contribution in [0.5, 0.6) is 0 Å². The lowest BCUT2D eigenvalue weighted by atomic mass is 10.0. The number of nitrogens with two attached hydrogens (primary N) is 1. The molecule has 17 heavy (non-hydrogen) atoms. The van der Waals surface area contributed by atoms with Crippen molar-refractivity contribution < 1.29 is 19.4 Å². The Morgan fingerprint density at radius 3 is 2.65 bits per heavy atom. The molecule has 2 unspecified atom stereocenters. The largest absolute Gasteiger partial charge is 0.399 e. The second-order valence-corrected chi connectivity index (χ2v) is 4.83. The fourth-order valence-electron chi connectivity index (χ4n) is 1.32. The van der Waals surface area contributed by atoms with Crippen LogP contribution in [0.2, 0.25) is 0 Å². The van der Waals surface area contributed by atoms with Gasteiger partial charge in [-0.2, -0.15) is 0 Å². The molecular weight excluding hydrogens is 245 g/mol. The molecule has 0 aliphatic heterocycles. The summed E-state index contributed by atoms with van der Waals surface area (Å²) in [6.45, 7) is 1.37. The average Bonchev–Trinajstić information content (AvgIpc) is 2.23. The standard InChI is InChI=1S/C11H14FNO3S/c1-6(14)17-5-10(15)11(16)7-2-8(12)4-9(13)3-7/h2-4,10-11,15-16H,5,13H2,1H3. The number of rotatable bonds is 4. The summed E-state index contributed by atoms with van der Waals surface area (Å²) in [4.78, 5) is 10.7. The molecule has 0 spiro atoms. The van der Waals surface area contributed by atoms with Crippen LogP contribution in [0, 0.1) is 5.82 Å². The number of hydrogen-bond acceptors (Lipinski definition) is 5. The highest BCUT2D eigenvalue weighted by molar-refractivity contribution is 8.13. The summed E-state index contributed by atoms with van der Waals surface area (Å²) >= 11 is 0.897. The number of aliphatic hydroxyl groups excluding tert-OH is 2. The molecule has 0 saturated carbocycles. The molecule has 4 N–H and O–H groups in total. The van der Waals surface area contributed by atoms with Crippen LogP contribution in [0.3, 0.4) is 0 Å². The van der Waals surface area contributed by atoms with Crippen LogP contribution in [-0.2, 0) is 4.79 Å². The van der Waals surface area contributed by atoms with Crippen LogP contribution >= 0.6 is 11.8 Å². The molecule has 0 bridgehead atoms. The van der Waals surface area contributed by atoms with Gasteiger partial charge < -0.3 is 15.9 Å². The molecule has 0 fully saturated rings. The highest BCUT2D eigenvalue weighted by Crippen LogP contribution is 2.23. The van der Waals surface area contributed by atoms with Crippen LogP contribution in [0.4, 0.5) is 10.1 Å². The number of anilines is 1. The molecule has 4 nitrogen and oxygen atoms in total. The number of hydrogen-bond donors (Lipinski definition) is 3. The predicted octanol–water partition coefficient (Wildman–Crippen LogP) is 1.08. The molecule has 1 aromatic carbocycles. The number of benzene rings is 1. The van der Waals surface area contributed by atoms with Crippen molar-refractivity contribution in [2.75, 3.05) is 11.5 Å². The topological polar surface area (TPSA) is 83.5 Å². The summed E-state index contributed by atoms with van der Waals surface area (Å²) in [6.07, 6.45) is -2.41. The summed E-state index contributed by atoms with van der Waals surface area (Å²) in [6, 6.07) is 3.60. The smallest absolute Gasteiger partial charge is 0.185 e. The molecule has 0 amide bonds. The van der Waals surface area contributed by atoms with Gasteiger partial charge in [-0.25, -0.2) is 4.39 Å². The lowest BCUT2D eigenvalue weighted by Gasteiger charge is -2.17. The van der Waals surface area contributed by atoms with Crippen molar-refractivity contribution in [1.82, 2.24) is 0 Å². The van der Waals surface area contributed by atoms with E-state index in [1.54, 1.807) is 0 Å². The molecule has 1 rings (SSSR count). The minimum absolute atomic E-state index is 0.0485. The van der Waals surface area contributed by atoms with Gasteiger partial charge in [-0.05, 0) is 23.8 Å². The molecule has 94 valence electrons. The van der Waals surface area contributed by atoms with Crippen LogP contribution in [0.15, 0.2) is 18.2 Å². The zero-order valence-corrected chi connectivity index (χ0v) is 10.1. The van der Waals surface area contributed by atoms with E-state index in [2.05, 4.69) is 0 Å². The normalized spacial score (nSPS) is 14.4. The summed E-state index contributed by atoms with van der Waals surface area (Å²) in [7, 11) is 0. The first-order valence-electron chi connectivity index (χ1n) is 4.95. The number of carbonyl (C=O) groups excluding carboxylic acids is 1. The third kappa shape index (κ3) is 4.33. The molecule has 0 aliphatic rings. The van der Waals surface area contributed by atoms with Gasteiger partial charge in [0.1, 0.15) is 11.9 Å². The maximum absolute atomic E-state index is 13.0. The maximum atomic E-state index is 13.0. The Labute approximate surface area is 103 Å². The zero-order valence-electron chi connectivity index (χ0n) is 9.26. The minimum atomic E-state index is -1.26. The van der Waals surface area contributed by atoms with Gasteiger partial charge in [0.05, 0.1) is 6.10 Å². The van der Waals surface area contributed by atoms with E-state index in [1.807, 2.05) is 0 Å². The summed E-state index contributed by atoms with van der Waals surface area (Å²) in [5, 5.41) is 19.2. The van der Waals surface area contributed by atoms with Crippen LogP contribution in [0.25, 0.3) is 0 Å². The molecule has 0 heterocycles. The van der Waals surface area contributed by atoms with E-state index in [4.69, 9.17) is 5.73 Å². The number of thioether (sulfide) groups is 1. The van der Waals surface area contributed by atoms with Crippen molar-refractivity contribution in [3.8, 4) is 0 Å².